The van der Waals surface area contributed by atoms with E-state index in [1.54, 1.807) is 31.1 Å². The van der Waals surface area contributed by atoms with Crippen molar-refractivity contribution in [2.75, 3.05) is 20.2 Å². The van der Waals surface area contributed by atoms with Crippen molar-refractivity contribution in [2.45, 2.75) is 19.3 Å². The lowest BCUT2D eigenvalue weighted by atomic mass is 9.98. The molecule has 1 atom stereocenters. The number of ether oxygens (including phenoxy) is 1. The quantitative estimate of drug-likeness (QED) is 0.630. The summed E-state index contributed by atoms with van der Waals surface area (Å²) in [6, 6.07) is 12.5. The second-order valence-corrected chi connectivity index (χ2v) is 6.27. The molecule has 1 amide bonds. The van der Waals surface area contributed by atoms with Crippen LogP contribution in [0.2, 0.25) is 0 Å². The van der Waals surface area contributed by atoms with E-state index in [0.717, 1.165) is 12.2 Å². The van der Waals surface area contributed by atoms with Crippen LogP contribution in [-0.2, 0) is 0 Å². The van der Waals surface area contributed by atoms with E-state index in [0.29, 0.717) is 24.2 Å². The van der Waals surface area contributed by atoms with Gasteiger partial charge >= 0.3 is 0 Å². The molecule has 1 aliphatic rings. The molecule has 3 rings (SSSR count). The lowest BCUT2D eigenvalue weighted by Gasteiger charge is -2.17. The number of amides is 1. The van der Waals surface area contributed by atoms with Gasteiger partial charge in [0.15, 0.2) is 0 Å². The van der Waals surface area contributed by atoms with E-state index < -0.39 is 4.92 Å². The number of methoxy groups -OCH3 is 1. The summed E-state index contributed by atoms with van der Waals surface area (Å²) >= 11 is 0. The van der Waals surface area contributed by atoms with Gasteiger partial charge in [-0.05, 0) is 37.1 Å². The Hall–Kier alpha value is -2.89. The first-order valence-electron chi connectivity index (χ1n) is 8.18. The Labute approximate surface area is 146 Å². The lowest BCUT2D eigenvalue weighted by molar-refractivity contribution is -0.385. The molecular formula is C19H20N2O4. The number of nitro benzene ring substituents is 1. The minimum atomic E-state index is -0.448. The van der Waals surface area contributed by atoms with E-state index >= 15 is 0 Å². The van der Waals surface area contributed by atoms with Crippen molar-refractivity contribution >= 4 is 11.6 Å². The van der Waals surface area contributed by atoms with Gasteiger partial charge in [0.05, 0.1) is 12.0 Å². The zero-order valence-corrected chi connectivity index (χ0v) is 14.3. The molecule has 1 heterocycles. The molecule has 0 bridgehead atoms. The van der Waals surface area contributed by atoms with E-state index in [1.807, 2.05) is 24.3 Å². The molecule has 1 fully saturated rings. The summed E-state index contributed by atoms with van der Waals surface area (Å²) in [6.45, 7) is 2.94. The van der Waals surface area contributed by atoms with E-state index in [4.69, 9.17) is 4.74 Å². The smallest absolute Gasteiger partial charge is 0.273 e. The Balaban J connectivity index is 1.74. The van der Waals surface area contributed by atoms with Crippen LogP contribution in [0, 0.1) is 17.0 Å². The number of carbonyl (C=O) groups is 1. The minimum absolute atomic E-state index is 0.0169. The number of rotatable bonds is 4. The average molecular weight is 340 g/mol. The Morgan fingerprint density at radius 1 is 1.24 bits per heavy atom. The van der Waals surface area contributed by atoms with Gasteiger partial charge in [-0.1, -0.05) is 18.2 Å². The molecule has 0 spiro atoms. The molecule has 1 saturated heterocycles. The molecule has 0 saturated carbocycles. The maximum absolute atomic E-state index is 12.7. The predicted octanol–water partition coefficient (Wildman–Crippen LogP) is 3.54. The summed E-state index contributed by atoms with van der Waals surface area (Å²) in [5.41, 5.74) is 2.08. The lowest BCUT2D eigenvalue weighted by Crippen LogP contribution is -2.28. The summed E-state index contributed by atoms with van der Waals surface area (Å²) in [7, 11) is 1.63. The van der Waals surface area contributed by atoms with Gasteiger partial charge in [0.25, 0.3) is 11.6 Å². The number of carbonyl (C=O) groups excluding carboxylic acids is 1. The Morgan fingerprint density at radius 3 is 2.60 bits per heavy atom. The Kier molecular flexibility index (Phi) is 4.70. The third-order valence-corrected chi connectivity index (χ3v) is 4.72. The number of likely N-dealkylation sites (tertiary alicyclic amines) is 1. The van der Waals surface area contributed by atoms with Gasteiger partial charge in [-0.3, -0.25) is 14.9 Å². The zero-order valence-electron chi connectivity index (χ0n) is 14.3. The maximum Gasteiger partial charge on any atom is 0.273 e. The third kappa shape index (κ3) is 3.47. The molecule has 1 unspecified atom stereocenters. The average Bonchev–Trinajstić information content (AvgIpc) is 3.11. The van der Waals surface area contributed by atoms with E-state index in [9.17, 15) is 14.9 Å². The first-order chi connectivity index (χ1) is 12.0. The molecule has 6 nitrogen and oxygen atoms in total. The standard InChI is InChI=1S/C19H20N2O4/c1-13-3-4-15(11-18(13)21(23)24)19(22)20-10-9-16(12-20)14-5-7-17(25-2)8-6-14/h3-8,11,16H,9-10,12H2,1-2H3. The van der Waals surface area contributed by atoms with Crippen LogP contribution in [0.25, 0.3) is 0 Å². The van der Waals surface area contributed by atoms with E-state index in [2.05, 4.69) is 0 Å². The number of hydrogen-bond acceptors (Lipinski definition) is 4. The predicted molar refractivity (Wildman–Crippen MR) is 94.1 cm³/mol. The van der Waals surface area contributed by atoms with Crippen LogP contribution in [0.5, 0.6) is 5.75 Å². The molecule has 0 N–H and O–H groups in total. The Bertz CT molecular complexity index is 802. The summed E-state index contributed by atoms with van der Waals surface area (Å²) in [5, 5.41) is 11.1. The van der Waals surface area contributed by atoms with Crippen molar-refractivity contribution in [2.24, 2.45) is 0 Å². The zero-order chi connectivity index (χ0) is 18.0. The van der Waals surface area contributed by atoms with Crippen molar-refractivity contribution in [3.8, 4) is 5.75 Å². The number of nitro groups is 1. The molecule has 25 heavy (non-hydrogen) atoms. The van der Waals surface area contributed by atoms with Crippen molar-refractivity contribution in [1.29, 1.82) is 0 Å². The first-order valence-corrected chi connectivity index (χ1v) is 8.18. The van der Waals surface area contributed by atoms with E-state index in [1.165, 1.54) is 11.6 Å². The van der Waals surface area contributed by atoms with Gasteiger partial charge in [0, 0.05) is 36.2 Å². The molecule has 130 valence electrons. The molecular weight excluding hydrogens is 320 g/mol. The van der Waals surface area contributed by atoms with Crippen molar-refractivity contribution in [3.05, 3.63) is 69.3 Å². The van der Waals surface area contributed by atoms with Crippen molar-refractivity contribution in [3.63, 3.8) is 0 Å². The normalized spacial score (nSPS) is 16.7. The van der Waals surface area contributed by atoms with Crippen LogP contribution in [0.15, 0.2) is 42.5 Å². The largest absolute Gasteiger partial charge is 0.497 e. The van der Waals surface area contributed by atoms with Crippen LogP contribution in [0.1, 0.15) is 33.8 Å². The van der Waals surface area contributed by atoms with Crippen LogP contribution >= 0.6 is 0 Å². The highest BCUT2D eigenvalue weighted by molar-refractivity contribution is 5.95. The fourth-order valence-electron chi connectivity index (χ4n) is 3.21. The van der Waals surface area contributed by atoms with Gasteiger partial charge in [0.2, 0.25) is 0 Å². The Morgan fingerprint density at radius 2 is 1.96 bits per heavy atom. The summed E-state index contributed by atoms with van der Waals surface area (Å²) in [6.07, 6.45) is 0.881. The van der Waals surface area contributed by atoms with Gasteiger partial charge in [-0.2, -0.15) is 0 Å². The summed E-state index contributed by atoms with van der Waals surface area (Å²) in [5.74, 6) is 0.927. The molecule has 2 aromatic rings. The van der Waals surface area contributed by atoms with Crippen LogP contribution in [-0.4, -0.2) is 35.9 Å². The highest BCUT2D eigenvalue weighted by Crippen LogP contribution is 2.30. The second kappa shape index (κ2) is 6.93. The van der Waals surface area contributed by atoms with Crippen LogP contribution < -0.4 is 4.74 Å². The van der Waals surface area contributed by atoms with Crippen LogP contribution in [0.3, 0.4) is 0 Å². The molecule has 1 aliphatic heterocycles. The van der Waals surface area contributed by atoms with Crippen LogP contribution in [0.4, 0.5) is 5.69 Å². The van der Waals surface area contributed by atoms with E-state index in [-0.39, 0.29) is 17.5 Å². The molecule has 0 aromatic heterocycles. The SMILES string of the molecule is COc1ccc(C2CCN(C(=O)c3ccc(C)c([N+](=O)[O-])c3)C2)cc1. The van der Waals surface area contributed by atoms with Crippen molar-refractivity contribution < 1.29 is 14.5 Å². The first kappa shape index (κ1) is 17.0. The third-order valence-electron chi connectivity index (χ3n) is 4.72. The highest BCUT2D eigenvalue weighted by Gasteiger charge is 2.28. The second-order valence-electron chi connectivity index (χ2n) is 6.27. The number of benzene rings is 2. The maximum atomic E-state index is 12.7. The van der Waals surface area contributed by atoms with Gasteiger partial charge in [-0.25, -0.2) is 0 Å². The minimum Gasteiger partial charge on any atom is -0.497 e. The number of aryl methyl sites for hydroxylation is 1. The van der Waals surface area contributed by atoms with Crippen molar-refractivity contribution in [1.82, 2.24) is 4.90 Å². The number of nitrogens with zero attached hydrogens (tertiary/aromatic N) is 2. The topological polar surface area (TPSA) is 72.7 Å². The van der Waals surface area contributed by atoms with Gasteiger partial charge in [0.1, 0.15) is 5.75 Å². The summed E-state index contributed by atoms with van der Waals surface area (Å²) < 4.78 is 5.17. The fraction of sp³-hybridized carbons (Fsp3) is 0.316. The summed E-state index contributed by atoms with van der Waals surface area (Å²) in [4.78, 5) is 25.1. The molecule has 6 heteroatoms. The molecule has 0 radical (unpaired) electrons. The molecule has 0 aliphatic carbocycles. The van der Waals surface area contributed by atoms with Gasteiger partial charge in [-0.15, -0.1) is 0 Å². The highest BCUT2D eigenvalue weighted by atomic mass is 16.6. The fourth-order valence-corrected chi connectivity index (χ4v) is 3.21. The monoisotopic (exact) mass is 340 g/mol. The van der Waals surface area contributed by atoms with Gasteiger partial charge < -0.3 is 9.64 Å². The molecule has 2 aromatic carbocycles. The number of hydrogen-bond donors (Lipinski definition) is 0.